The Morgan fingerprint density at radius 2 is 1.81 bits per heavy atom. The molecule has 1 saturated heterocycles. The highest BCUT2D eigenvalue weighted by Gasteiger charge is 2.47. The summed E-state index contributed by atoms with van der Waals surface area (Å²) in [5.41, 5.74) is 1.52. The van der Waals surface area contributed by atoms with Crippen LogP contribution in [0, 0.1) is 5.82 Å². The van der Waals surface area contributed by atoms with Crippen LogP contribution in [0.15, 0.2) is 72.8 Å². The summed E-state index contributed by atoms with van der Waals surface area (Å²) in [5, 5.41) is 6.03. The van der Waals surface area contributed by atoms with E-state index in [1.54, 1.807) is 48.5 Å². The van der Waals surface area contributed by atoms with Crippen LogP contribution in [0.3, 0.4) is 0 Å². The first kappa shape index (κ1) is 25.2. The van der Waals surface area contributed by atoms with E-state index in [1.807, 2.05) is 19.9 Å². The molecule has 2 atom stereocenters. The van der Waals surface area contributed by atoms with Crippen molar-refractivity contribution in [1.82, 2.24) is 10.2 Å². The monoisotopic (exact) mass is 509 g/mol. The molecule has 186 valence electrons. The molecule has 1 aliphatic rings. The standard InChI is InChI=1S/C27H25ClFN3O4/c1-16(2)30-26(34)23-24(36-27(35)32(23)15-17-7-5-9-19(28)13-17)18-8-6-10-20(14-18)31-25(33)21-11-3-4-12-22(21)29/h3-14,16,23-24H,15H2,1-2H3,(H,30,34)(H,31,33)/t23-,24-/m0/s1. The molecule has 7 nitrogen and oxygen atoms in total. The maximum atomic E-state index is 14.0. The number of anilines is 1. The molecular weight excluding hydrogens is 485 g/mol. The first-order valence-electron chi connectivity index (χ1n) is 11.4. The Balaban J connectivity index is 1.62. The van der Waals surface area contributed by atoms with Crippen LogP contribution in [0.25, 0.3) is 0 Å². The van der Waals surface area contributed by atoms with E-state index < -0.39 is 30.0 Å². The Hall–Kier alpha value is -3.91. The van der Waals surface area contributed by atoms with Crippen molar-refractivity contribution in [2.75, 3.05) is 5.32 Å². The van der Waals surface area contributed by atoms with E-state index >= 15 is 0 Å². The third-order valence-electron chi connectivity index (χ3n) is 5.62. The van der Waals surface area contributed by atoms with Crippen molar-refractivity contribution in [3.63, 3.8) is 0 Å². The topological polar surface area (TPSA) is 87.7 Å². The number of hydrogen-bond acceptors (Lipinski definition) is 4. The molecule has 0 saturated carbocycles. The highest BCUT2D eigenvalue weighted by atomic mass is 35.5. The van der Waals surface area contributed by atoms with Crippen molar-refractivity contribution in [3.8, 4) is 0 Å². The number of carbonyl (C=O) groups excluding carboxylic acids is 3. The van der Waals surface area contributed by atoms with Gasteiger partial charge in [-0.15, -0.1) is 0 Å². The number of rotatable bonds is 7. The second kappa shape index (κ2) is 10.8. The van der Waals surface area contributed by atoms with Gasteiger partial charge < -0.3 is 15.4 Å². The number of nitrogens with one attached hydrogen (secondary N) is 2. The van der Waals surface area contributed by atoms with E-state index in [0.717, 1.165) is 5.56 Å². The third kappa shape index (κ3) is 5.66. The van der Waals surface area contributed by atoms with Gasteiger partial charge in [-0.3, -0.25) is 14.5 Å². The molecule has 3 aromatic rings. The lowest BCUT2D eigenvalue weighted by atomic mass is 9.99. The van der Waals surface area contributed by atoms with Crippen LogP contribution in [0.5, 0.6) is 0 Å². The second-order valence-corrected chi connectivity index (χ2v) is 9.17. The number of carbonyl (C=O) groups is 3. The fourth-order valence-corrected chi connectivity index (χ4v) is 4.26. The number of cyclic esters (lactones) is 1. The highest BCUT2D eigenvalue weighted by Crippen LogP contribution is 2.35. The molecule has 1 fully saturated rings. The maximum Gasteiger partial charge on any atom is 0.411 e. The average molecular weight is 510 g/mol. The molecule has 3 aromatic carbocycles. The van der Waals surface area contributed by atoms with Crippen LogP contribution in [0.4, 0.5) is 14.9 Å². The van der Waals surface area contributed by atoms with Gasteiger partial charge in [-0.2, -0.15) is 0 Å². The van der Waals surface area contributed by atoms with Crippen LogP contribution < -0.4 is 10.6 Å². The summed E-state index contributed by atoms with van der Waals surface area (Å²) in [7, 11) is 0. The van der Waals surface area contributed by atoms with Crippen molar-refractivity contribution < 1.29 is 23.5 Å². The zero-order valence-electron chi connectivity index (χ0n) is 19.7. The van der Waals surface area contributed by atoms with Gasteiger partial charge in [-0.25, -0.2) is 9.18 Å². The Morgan fingerprint density at radius 1 is 1.06 bits per heavy atom. The zero-order valence-corrected chi connectivity index (χ0v) is 20.5. The highest BCUT2D eigenvalue weighted by molar-refractivity contribution is 6.30. The molecule has 2 N–H and O–H groups in total. The lowest BCUT2D eigenvalue weighted by molar-refractivity contribution is -0.126. The molecule has 1 aliphatic heterocycles. The third-order valence-corrected chi connectivity index (χ3v) is 5.85. The summed E-state index contributed by atoms with van der Waals surface area (Å²) in [4.78, 5) is 40.1. The quantitative estimate of drug-likeness (QED) is 0.451. The summed E-state index contributed by atoms with van der Waals surface area (Å²) >= 11 is 6.10. The minimum Gasteiger partial charge on any atom is -0.438 e. The van der Waals surface area contributed by atoms with Crippen LogP contribution in [0.2, 0.25) is 5.02 Å². The van der Waals surface area contributed by atoms with Crippen molar-refractivity contribution >= 4 is 35.2 Å². The Bertz CT molecular complexity index is 1300. The van der Waals surface area contributed by atoms with Crippen LogP contribution >= 0.6 is 11.6 Å². The molecule has 1 heterocycles. The van der Waals surface area contributed by atoms with Gasteiger partial charge in [0.05, 0.1) is 12.1 Å². The molecule has 0 aliphatic carbocycles. The van der Waals surface area contributed by atoms with Gasteiger partial charge in [0.2, 0.25) is 5.91 Å². The van der Waals surface area contributed by atoms with E-state index in [0.29, 0.717) is 16.3 Å². The molecule has 9 heteroatoms. The molecule has 0 spiro atoms. The first-order chi connectivity index (χ1) is 17.2. The number of nitrogens with zero attached hydrogens (tertiary/aromatic N) is 1. The first-order valence-corrected chi connectivity index (χ1v) is 11.8. The summed E-state index contributed by atoms with van der Waals surface area (Å²) in [6, 6.07) is 18.2. The maximum absolute atomic E-state index is 14.0. The summed E-state index contributed by atoms with van der Waals surface area (Å²) in [5.74, 6) is -1.63. The van der Waals surface area contributed by atoms with Crippen molar-refractivity contribution in [3.05, 3.63) is 100 Å². The number of ether oxygens (including phenoxy) is 1. The van der Waals surface area contributed by atoms with Gasteiger partial charge in [0.25, 0.3) is 5.91 Å². The SMILES string of the molecule is CC(C)NC(=O)[C@@H]1[C@H](c2cccc(NC(=O)c3ccccc3F)c2)OC(=O)N1Cc1cccc(Cl)c1. The number of amides is 3. The normalized spacial score (nSPS) is 17.1. The molecule has 3 amide bonds. The van der Waals surface area contributed by atoms with E-state index in [-0.39, 0.29) is 24.1 Å². The minimum atomic E-state index is -0.962. The zero-order chi connectivity index (χ0) is 25.8. The number of benzene rings is 3. The number of halogens is 2. The molecule has 0 bridgehead atoms. The van der Waals surface area contributed by atoms with Gasteiger partial charge in [0.15, 0.2) is 12.1 Å². The lowest BCUT2D eigenvalue weighted by Crippen LogP contribution is -2.48. The Labute approximate surface area is 213 Å². The smallest absolute Gasteiger partial charge is 0.411 e. The largest absolute Gasteiger partial charge is 0.438 e. The Morgan fingerprint density at radius 3 is 2.53 bits per heavy atom. The summed E-state index contributed by atoms with van der Waals surface area (Å²) < 4.78 is 19.7. The molecule has 0 radical (unpaired) electrons. The summed E-state index contributed by atoms with van der Waals surface area (Å²) in [6.45, 7) is 3.77. The van der Waals surface area contributed by atoms with E-state index in [4.69, 9.17) is 16.3 Å². The van der Waals surface area contributed by atoms with E-state index in [9.17, 15) is 18.8 Å². The van der Waals surface area contributed by atoms with Gasteiger partial charge in [0.1, 0.15) is 5.82 Å². The molecule has 0 aromatic heterocycles. The van der Waals surface area contributed by atoms with Crippen molar-refractivity contribution in [2.24, 2.45) is 0 Å². The van der Waals surface area contributed by atoms with Gasteiger partial charge in [0, 0.05) is 16.8 Å². The van der Waals surface area contributed by atoms with Crippen LogP contribution in [0.1, 0.15) is 41.4 Å². The molecule has 4 rings (SSSR count). The van der Waals surface area contributed by atoms with E-state index in [2.05, 4.69) is 10.6 Å². The van der Waals surface area contributed by atoms with Gasteiger partial charge >= 0.3 is 6.09 Å². The molecular formula is C27H25ClFN3O4. The predicted molar refractivity (Wildman–Crippen MR) is 134 cm³/mol. The van der Waals surface area contributed by atoms with Crippen molar-refractivity contribution in [1.29, 1.82) is 0 Å². The van der Waals surface area contributed by atoms with Crippen LogP contribution in [-0.2, 0) is 16.1 Å². The van der Waals surface area contributed by atoms with Gasteiger partial charge in [-0.1, -0.05) is 48.0 Å². The summed E-state index contributed by atoms with van der Waals surface area (Å²) in [6.07, 6.45) is -1.58. The minimum absolute atomic E-state index is 0.0999. The predicted octanol–water partition coefficient (Wildman–Crippen LogP) is 5.32. The fourth-order valence-electron chi connectivity index (χ4n) is 4.05. The average Bonchev–Trinajstić information content (AvgIpc) is 3.15. The number of hydrogen-bond donors (Lipinski definition) is 2. The van der Waals surface area contributed by atoms with Crippen LogP contribution in [-0.4, -0.2) is 34.9 Å². The Kier molecular flexibility index (Phi) is 7.55. The fraction of sp³-hybridized carbons (Fsp3) is 0.222. The second-order valence-electron chi connectivity index (χ2n) is 8.73. The van der Waals surface area contributed by atoms with Crippen molar-refractivity contribution in [2.45, 2.75) is 38.6 Å². The lowest BCUT2D eigenvalue weighted by Gasteiger charge is -2.25. The molecule has 0 unspecified atom stereocenters. The van der Waals surface area contributed by atoms with Gasteiger partial charge in [-0.05, 0) is 61.4 Å². The molecule has 36 heavy (non-hydrogen) atoms. The van der Waals surface area contributed by atoms with E-state index in [1.165, 1.54) is 23.1 Å².